The summed E-state index contributed by atoms with van der Waals surface area (Å²) in [7, 11) is 0. The molecular formula is C31H26ClNO3S. The van der Waals surface area contributed by atoms with Gasteiger partial charge in [0.25, 0.3) is 0 Å². The summed E-state index contributed by atoms with van der Waals surface area (Å²) in [5, 5.41) is 15.7. The number of allylic oxidation sites excluding steroid dienone is 2. The second kappa shape index (κ2) is 10.0. The standard InChI is InChI=1S/C31H26ClNO3S/c1-31(2)17-23(34)26(24(35)18-31)29-25(19-9-5-3-6-10-19)27(28(36)20-13-15-21(32)16-14-20)30(37-29)33-22-11-7-4-8-12-22/h3-16,33-34H,17-18H2,1-2H3. The van der Waals surface area contributed by atoms with Crippen LogP contribution in [0.15, 0.2) is 90.7 Å². The number of halogens is 1. The van der Waals surface area contributed by atoms with Crippen LogP contribution >= 0.6 is 22.9 Å². The zero-order chi connectivity index (χ0) is 26.2. The molecular weight excluding hydrogens is 502 g/mol. The maximum absolute atomic E-state index is 14.1. The molecule has 1 heterocycles. The molecule has 1 aliphatic carbocycles. The second-order valence-corrected chi connectivity index (χ2v) is 11.4. The molecule has 0 spiro atoms. The van der Waals surface area contributed by atoms with Crippen LogP contribution < -0.4 is 5.32 Å². The van der Waals surface area contributed by atoms with E-state index in [1.54, 1.807) is 24.3 Å². The first kappa shape index (κ1) is 25.0. The number of para-hydroxylation sites is 1. The molecule has 0 radical (unpaired) electrons. The average Bonchev–Trinajstić information content (AvgIpc) is 3.22. The zero-order valence-corrected chi connectivity index (χ0v) is 22.1. The van der Waals surface area contributed by atoms with E-state index in [-0.39, 0.29) is 22.7 Å². The maximum Gasteiger partial charge on any atom is 0.196 e. The van der Waals surface area contributed by atoms with E-state index in [1.165, 1.54) is 11.3 Å². The number of nitrogens with one attached hydrogen (secondary N) is 1. The van der Waals surface area contributed by atoms with Crippen molar-refractivity contribution >= 4 is 50.8 Å². The average molecular weight is 528 g/mol. The molecule has 0 saturated carbocycles. The lowest BCUT2D eigenvalue weighted by Crippen LogP contribution is -2.25. The predicted molar refractivity (Wildman–Crippen MR) is 152 cm³/mol. The van der Waals surface area contributed by atoms with Gasteiger partial charge in [0.05, 0.1) is 16.0 Å². The number of rotatable bonds is 6. The van der Waals surface area contributed by atoms with Gasteiger partial charge in [0.15, 0.2) is 11.6 Å². The van der Waals surface area contributed by atoms with Gasteiger partial charge in [-0.25, -0.2) is 0 Å². The highest BCUT2D eigenvalue weighted by atomic mass is 35.5. The lowest BCUT2D eigenvalue weighted by molar-refractivity contribution is -0.116. The fourth-order valence-corrected chi connectivity index (χ4v) is 6.19. The molecule has 4 aromatic rings. The van der Waals surface area contributed by atoms with Gasteiger partial charge in [0.1, 0.15) is 10.8 Å². The van der Waals surface area contributed by atoms with E-state index < -0.39 is 0 Å². The fourth-order valence-electron chi connectivity index (χ4n) is 4.74. The summed E-state index contributed by atoms with van der Waals surface area (Å²) < 4.78 is 0. The molecule has 3 aromatic carbocycles. The molecule has 37 heavy (non-hydrogen) atoms. The topological polar surface area (TPSA) is 66.4 Å². The molecule has 0 fully saturated rings. The second-order valence-electron chi connectivity index (χ2n) is 9.97. The summed E-state index contributed by atoms with van der Waals surface area (Å²) in [4.78, 5) is 28.1. The number of aliphatic hydroxyl groups excluding tert-OH is 1. The van der Waals surface area contributed by atoms with Gasteiger partial charge < -0.3 is 10.4 Å². The molecule has 1 aromatic heterocycles. The number of thiophene rings is 1. The fraction of sp³-hybridized carbons (Fsp3) is 0.161. The summed E-state index contributed by atoms with van der Waals surface area (Å²) in [5.74, 6) is -0.250. The number of hydrogen-bond acceptors (Lipinski definition) is 5. The Balaban J connectivity index is 1.79. The van der Waals surface area contributed by atoms with E-state index in [2.05, 4.69) is 5.32 Å². The molecule has 0 amide bonds. The molecule has 6 heteroatoms. The first-order chi connectivity index (χ1) is 17.7. The number of carbonyl (C=O) groups excluding carboxylic acids is 2. The van der Waals surface area contributed by atoms with Crippen molar-refractivity contribution in [3.8, 4) is 11.1 Å². The third kappa shape index (κ3) is 5.10. The maximum atomic E-state index is 14.1. The molecule has 0 atom stereocenters. The lowest BCUT2D eigenvalue weighted by Gasteiger charge is -2.29. The minimum atomic E-state index is -0.331. The number of ketones is 2. The zero-order valence-electron chi connectivity index (χ0n) is 20.5. The quantitative estimate of drug-likeness (QED) is 0.246. The molecule has 0 unspecified atom stereocenters. The highest BCUT2D eigenvalue weighted by molar-refractivity contribution is 7.18. The van der Waals surface area contributed by atoms with E-state index in [4.69, 9.17) is 11.6 Å². The Morgan fingerprint density at radius 2 is 1.54 bits per heavy atom. The molecule has 2 N–H and O–H groups in total. The smallest absolute Gasteiger partial charge is 0.196 e. The number of Topliss-reactive ketones (excluding diaryl/α,β-unsaturated/α-hetero) is 1. The number of carbonyl (C=O) groups is 2. The van der Waals surface area contributed by atoms with Crippen molar-refractivity contribution in [1.82, 2.24) is 0 Å². The van der Waals surface area contributed by atoms with E-state index in [0.29, 0.717) is 50.0 Å². The third-order valence-electron chi connectivity index (χ3n) is 6.42. The summed E-state index contributed by atoms with van der Waals surface area (Å²) in [6.45, 7) is 3.95. The summed E-state index contributed by atoms with van der Waals surface area (Å²) in [6.07, 6.45) is 0.711. The normalized spacial score (nSPS) is 15.1. The van der Waals surface area contributed by atoms with Crippen molar-refractivity contribution in [2.45, 2.75) is 26.7 Å². The number of aliphatic hydroxyl groups is 1. The SMILES string of the molecule is CC1(C)CC(=O)C(c2sc(Nc3ccccc3)c(C(=O)c3ccc(Cl)cc3)c2-c2ccccc2)=C(O)C1. The summed E-state index contributed by atoms with van der Waals surface area (Å²) in [5.41, 5.74) is 3.15. The number of hydrogen-bond donors (Lipinski definition) is 2. The Labute approximate surface area is 225 Å². The number of benzene rings is 3. The van der Waals surface area contributed by atoms with Gasteiger partial charge in [-0.1, -0.05) is 74.0 Å². The van der Waals surface area contributed by atoms with Crippen molar-refractivity contribution in [2.24, 2.45) is 5.41 Å². The van der Waals surface area contributed by atoms with Gasteiger partial charge in [-0.3, -0.25) is 9.59 Å². The van der Waals surface area contributed by atoms with Crippen molar-refractivity contribution in [1.29, 1.82) is 0 Å². The largest absolute Gasteiger partial charge is 0.511 e. The third-order valence-corrected chi connectivity index (χ3v) is 7.79. The van der Waals surface area contributed by atoms with Gasteiger partial charge >= 0.3 is 0 Å². The van der Waals surface area contributed by atoms with E-state index in [1.807, 2.05) is 74.5 Å². The van der Waals surface area contributed by atoms with Gasteiger partial charge in [-0.15, -0.1) is 11.3 Å². The van der Waals surface area contributed by atoms with Crippen molar-refractivity contribution < 1.29 is 14.7 Å². The van der Waals surface area contributed by atoms with E-state index in [0.717, 1.165) is 11.3 Å². The summed E-state index contributed by atoms with van der Waals surface area (Å²) >= 11 is 7.42. The van der Waals surface area contributed by atoms with Crippen LogP contribution in [0.25, 0.3) is 16.7 Å². The molecule has 0 bridgehead atoms. The van der Waals surface area contributed by atoms with Crippen LogP contribution in [0, 0.1) is 5.41 Å². The molecule has 4 nitrogen and oxygen atoms in total. The Morgan fingerprint density at radius 1 is 0.919 bits per heavy atom. The molecule has 0 aliphatic heterocycles. The predicted octanol–water partition coefficient (Wildman–Crippen LogP) is 8.70. The van der Waals surface area contributed by atoms with E-state index in [9.17, 15) is 14.7 Å². The van der Waals surface area contributed by atoms with Crippen molar-refractivity contribution in [3.05, 3.63) is 112 Å². The van der Waals surface area contributed by atoms with Crippen LogP contribution in [-0.2, 0) is 4.79 Å². The summed E-state index contributed by atoms with van der Waals surface area (Å²) in [6, 6.07) is 25.9. The van der Waals surface area contributed by atoms with Crippen LogP contribution in [0.3, 0.4) is 0 Å². The molecule has 1 aliphatic rings. The van der Waals surface area contributed by atoms with Crippen LogP contribution in [0.1, 0.15) is 47.5 Å². The first-order valence-corrected chi connectivity index (χ1v) is 13.2. The van der Waals surface area contributed by atoms with Crippen LogP contribution in [0.2, 0.25) is 5.02 Å². The lowest BCUT2D eigenvalue weighted by atomic mass is 9.75. The van der Waals surface area contributed by atoms with Gasteiger partial charge in [0, 0.05) is 34.7 Å². The Hall–Kier alpha value is -3.67. The molecule has 5 rings (SSSR count). The molecule has 0 saturated heterocycles. The van der Waals surface area contributed by atoms with Crippen molar-refractivity contribution in [2.75, 3.05) is 5.32 Å². The number of anilines is 2. The first-order valence-electron chi connectivity index (χ1n) is 12.0. The monoisotopic (exact) mass is 527 g/mol. The minimum absolute atomic E-state index is 0.0661. The Bertz CT molecular complexity index is 1500. The minimum Gasteiger partial charge on any atom is -0.511 e. The van der Waals surface area contributed by atoms with Crippen LogP contribution in [0.5, 0.6) is 0 Å². The Kier molecular flexibility index (Phi) is 6.76. The highest BCUT2D eigenvalue weighted by Crippen LogP contribution is 2.49. The van der Waals surface area contributed by atoms with Crippen LogP contribution in [0.4, 0.5) is 10.7 Å². The highest BCUT2D eigenvalue weighted by Gasteiger charge is 2.37. The van der Waals surface area contributed by atoms with Gasteiger partial charge in [0.2, 0.25) is 0 Å². The van der Waals surface area contributed by atoms with Gasteiger partial charge in [-0.2, -0.15) is 0 Å². The Morgan fingerprint density at radius 3 is 2.16 bits per heavy atom. The van der Waals surface area contributed by atoms with Crippen molar-refractivity contribution in [3.63, 3.8) is 0 Å². The molecule has 186 valence electrons. The van der Waals surface area contributed by atoms with Gasteiger partial charge in [-0.05, 0) is 47.4 Å². The van der Waals surface area contributed by atoms with E-state index >= 15 is 0 Å². The van der Waals surface area contributed by atoms with Crippen LogP contribution in [-0.4, -0.2) is 16.7 Å².